The van der Waals surface area contributed by atoms with E-state index < -0.39 is 11.6 Å². The third-order valence-corrected chi connectivity index (χ3v) is 7.48. The summed E-state index contributed by atoms with van der Waals surface area (Å²) in [7, 11) is 0. The molecule has 0 aliphatic heterocycles. The Labute approximate surface area is 219 Å². The van der Waals surface area contributed by atoms with Gasteiger partial charge in [0.05, 0.1) is 6.61 Å². The van der Waals surface area contributed by atoms with Crippen LogP contribution >= 0.6 is 0 Å². The smallest absolute Gasteiger partial charge is 0.166 e. The highest BCUT2D eigenvalue weighted by Crippen LogP contribution is 2.37. The van der Waals surface area contributed by atoms with Crippen molar-refractivity contribution in [2.45, 2.75) is 71.1 Å². The Balaban J connectivity index is 1.39. The van der Waals surface area contributed by atoms with Crippen LogP contribution in [-0.2, 0) is 0 Å². The maximum absolute atomic E-state index is 14.8. The topological polar surface area (TPSA) is 9.23 Å². The monoisotopic (exact) mass is 506 g/mol. The van der Waals surface area contributed by atoms with E-state index in [0.717, 1.165) is 68.1 Å². The van der Waals surface area contributed by atoms with Crippen molar-refractivity contribution in [1.82, 2.24) is 0 Å². The van der Waals surface area contributed by atoms with Crippen molar-refractivity contribution in [1.29, 1.82) is 0 Å². The molecule has 0 radical (unpaired) electrons. The van der Waals surface area contributed by atoms with Gasteiger partial charge in [0, 0.05) is 5.56 Å². The quantitative estimate of drug-likeness (QED) is 0.196. The van der Waals surface area contributed by atoms with Crippen LogP contribution in [0, 0.1) is 23.4 Å². The standard InChI is InChI=1S/C33H37F3O/c1-3-4-5-6-21-37-31-20-18-28(22-30(31)34)25-14-9-24(10-15-25)11-16-27-17-19-29(33(36)32(27)35)26-12-7-23(2)8-13-26/h9-11,14-20,22-23,26H,3-8,12-13,21H2,1-2H3/b16-11+. The summed E-state index contributed by atoms with van der Waals surface area (Å²) in [6, 6.07) is 16.0. The molecule has 37 heavy (non-hydrogen) atoms. The van der Waals surface area contributed by atoms with Gasteiger partial charge in [0.25, 0.3) is 0 Å². The minimum absolute atomic E-state index is 0.104. The Bertz CT molecular complexity index is 1190. The van der Waals surface area contributed by atoms with Crippen molar-refractivity contribution >= 4 is 12.2 Å². The average Bonchev–Trinajstić information content (AvgIpc) is 2.91. The predicted octanol–water partition coefficient (Wildman–Crippen LogP) is 10.2. The Morgan fingerprint density at radius 2 is 1.51 bits per heavy atom. The zero-order valence-electron chi connectivity index (χ0n) is 21.9. The molecular weight excluding hydrogens is 469 g/mol. The van der Waals surface area contributed by atoms with Gasteiger partial charge in [-0.05, 0) is 65.5 Å². The van der Waals surface area contributed by atoms with Gasteiger partial charge in [0.1, 0.15) is 0 Å². The van der Waals surface area contributed by atoms with Gasteiger partial charge >= 0.3 is 0 Å². The number of unbranched alkanes of at least 4 members (excludes halogenated alkanes) is 3. The molecule has 1 aliphatic carbocycles. The molecule has 1 nitrogen and oxygen atoms in total. The molecule has 3 aromatic carbocycles. The third-order valence-electron chi connectivity index (χ3n) is 7.48. The molecule has 0 heterocycles. The molecule has 196 valence electrons. The lowest BCUT2D eigenvalue weighted by Crippen LogP contribution is -2.13. The zero-order chi connectivity index (χ0) is 26.2. The molecule has 1 aliphatic rings. The first-order valence-electron chi connectivity index (χ1n) is 13.6. The number of rotatable bonds is 10. The fourth-order valence-corrected chi connectivity index (χ4v) is 5.08. The lowest BCUT2D eigenvalue weighted by molar-refractivity contribution is 0.290. The molecule has 0 aromatic heterocycles. The highest BCUT2D eigenvalue weighted by atomic mass is 19.2. The fourth-order valence-electron chi connectivity index (χ4n) is 5.08. The summed E-state index contributed by atoms with van der Waals surface area (Å²) in [4.78, 5) is 0. The molecule has 0 atom stereocenters. The number of halogens is 3. The van der Waals surface area contributed by atoms with Crippen molar-refractivity contribution in [3.8, 4) is 16.9 Å². The zero-order valence-corrected chi connectivity index (χ0v) is 21.9. The summed E-state index contributed by atoms with van der Waals surface area (Å²) in [6.07, 6.45) is 11.6. The first-order valence-corrected chi connectivity index (χ1v) is 13.6. The molecule has 0 amide bonds. The van der Waals surface area contributed by atoms with Crippen LogP contribution < -0.4 is 4.74 Å². The number of hydrogen-bond acceptors (Lipinski definition) is 1. The summed E-state index contributed by atoms with van der Waals surface area (Å²) in [6.45, 7) is 4.89. The van der Waals surface area contributed by atoms with E-state index in [2.05, 4.69) is 13.8 Å². The van der Waals surface area contributed by atoms with E-state index in [1.54, 1.807) is 30.4 Å². The van der Waals surface area contributed by atoms with Crippen LogP contribution in [0.4, 0.5) is 13.2 Å². The lowest BCUT2D eigenvalue weighted by Gasteiger charge is -2.27. The minimum atomic E-state index is -0.785. The first-order chi connectivity index (χ1) is 18.0. The number of benzene rings is 3. The van der Waals surface area contributed by atoms with Gasteiger partial charge in [-0.25, -0.2) is 13.2 Å². The maximum Gasteiger partial charge on any atom is 0.166 e. The molecule has 0 spiro atoms. The average molecular weight is 507 g/mol. The van der Waals surface area contributed by atoms with E-state index >= 15 is 0 Å². The van der Waals surface area contributed by atoms with Crippen molar-refractivity contribution in [2.75, 3.05) is 6.61 Å². The normalized spacial score (nSPS) is 17.9. The second kappa shape index (κ2) is 13.0. The van der Waals surface area contributed by atoms with Crippen molar-refractivity contribution < 1.29 is 17.9 Å². The molecule has 0 N–H and O–H groups in total. The third kappa shape index (κ3) is 7.06. The van der Waals surface area contributed by atoms with E-state index in [1.165, 1.54) is 6.07 Å². The van der Waals surface area contributed by atoms with Gasteiger partial charge in [0.15, 0.2) is 23.2 Å². The Kier molecular flexibility index (Phi) is 9.49. The first kappa shape index (κ1) is 27.0. The summed E-state index contributed by atoms with van der Waals surface area (Å²) in [5.41, 5.74) is 3.22. The molecule has 3 aromatic rings. The molecule has 0 bridgehead atoms. The van der Waals surface area contributed by atoms with Crippen molar-refractivity contribution in [3.63, 3.8) is 0 Å². The summed E-state index contributed by atoms with van der Waals surface area (Å²) in [5.74, 6) is -0.832. The SMILES string of the molecule is CCCCCCOc1ccc(-c2ccc(/C=C/c3ccc(C4CCC(C)CC4)c(F)c3F)cc2)cc1F. The molecule has 4 rings (SSSR count). The molecule has 0 saturated heterocycles. The van der Waals surface area contributed by atoms with Gasteiger partial charge in [0.2, 0.25) is 0 Å². The van der Waals surface area contributed by atoms with Crippen LogP contribution in [0.15, 0.2) is 54.6 Å². The van der Waals surface area contributed by atoms with E-state index in [1.807, 2.05) is 30.3 Å². The van der Waals surface area contributed by atoms with Gasteiger partial charge in [-0.1, -0.05) is 101 Å². The van der Waals surface area contributed by atoms with Gasteiger partial charge in [-0.2, -0.15) is 0 Å². The van der Waals surface area contributed by atoms with Gasteiger partial charge in [-0.15, -0.1) is 0 Å². The van der Waals surface area contributed by atoms with E-state index in [4.69, 9.17) is 4.74 Å². The summed E-state index contributed by atoms with van der Waals surface area (Å²) < 4.78 is 49.8. The molecular formula is C33H37F3O. The molecule has 0 unspecified atom stereocenters. The van der Waals surface area contributed by atoms with Crippen molar-refractivity contribution in [2.24, 2.45) is 5.92 Å². The molecule has 4 heteroatoms. The van der Waals surface area contributed by atoms with Crippen LogP contribution in [0.25, 0.3) is 23.3 Å². The maximum atomic E-state index is 14.8. The second-order valence-electron chi connectivity index (χ2n) is 10.3. The minimum Gasteiger partial charge on any atom is -0.491 e. The largest absolute Gasteiger partial charge is 0.491 e. The van der Waals surface area contributed by atoms with Crippen LogP contribution in [-0.4, -0.2) is 6.61 Å². The van der Waals surface area contributed by atoms with Gasteiger partial charge < -0.3 is 4.74 Å². The molecule has 1 saturated carbocycles. The predicted molar refractivity (Wildman–Crippen MR) is 147 cm³/mol. The Hall–Kier alpha value is -3.01. The van der Waals surface area contributed by atoms with Crippen molar-refractivity contribution in [3.05, 3.63) is 88.7 Å². The highest BCUT2D eigenvalue weighted by molar-refractivity contribution is 5.72. The van der Waals surface area contributed by atoms with Crippen LogP contribution in [0.3, 0.4) is 0 Å². The van der Waals surface area contributed by atoms with Crippen LogP contribution in [0.1, 0.15) is 87.8 Å². The second-order valence-corrected chi connectivity index (χ2v) is 10.3. The van der Waals surface area contributed by atoms with E-state index in [9.17, 15) is 13.2 Å². The van der Waals surface area contributed by atoms with Crippen LogP contribution in [0.2, 0.25) is 0 Å². The summed E-state index contributed by atoms with van der Waals surface area (Å²) in [5, 5.41) is 0. The van der Waals surface area contributed by atoms with E-state index in [0.29, 0.717) is 18.1 Å². The number of hydrogen-bond donors (Lipinski definition) is 0. The Morgan fingerprint density at radius 3 is 2.22 bits per heavy atom. The van der Waals surface area contributed by atoms with Crippen LogP contribution in [0.5, 0.6) is 5.75 Å². The van der Waals surface area contributed by atoms with Gasteiger partial charge in [-0.3, -0.25) is 0 Å². The lowest BCUT2D eigenvalue weighted by atomic mass is 9.79. The number of ether oxygens (including phenoxy) is 1. The Morgan fingerprint density at radius 1 is 0.784 bits per heavy atom. The summed E-state index contributed by atoms with van der Waals surface area (Å²) >= 11 is 0. The highest BCUT2D eigenvalue weighted by Gasteiger charge is 2.24. The molecule has 1 fully saturated rings. The van der Waals surface area contributed by atoms with E-state index in [-0.39, 0.29) is 23.0 Å². The fraction of sp³-hybridized carbons (Fsp3) is 0.394.